The van der Waals surface area contributed by atoms with Gasteiger partial charge in [0, 0.05) is 11.6 Å². The van der Waals surface area contributed by atoms with Gasteiger partial charge in [0.25, 0.3) is 0 Å². The van der Waals surface area contributed by atoms with Gasteiger partial charge in [-0.05, 0) is 12.1 Å². The molecule has 4 heteroatoms. The molecular formula is C15H14AlClO2. The van der Waals surface area contributed by atoms with E-state index in [2.05, 4.69) is 0 Å². The lowest BCUT2D eigenvalue weighted by atomic mass is 10.1. The predicted octanol–water partition coefficient (Wildman–Crippen LogP) is 2.70. The number of halogens is 1. The zero-order valence-electron chi connectivity index (χ0n) is 9.50. The zero-order chi connectivity index (χ0) is 11.7. The third-order valence-corrected chi connectivity index (χ3v) is 2.69. The van der Waals surface area contributed by atoms with Gasteiger partial charge in [0.1, 0.15) is 11.3 Å². The van der Waals surface area contributed by atoms with E-state index < -0.39 is 0 Å². The highest BCUT2D eigenvalue weighted by atomic mass is 35.5. The summed E-state index contributed by atoms with van der Waals surface area (Å²) in [4.78, 5) is 11.9. The highest BCUT2D eigenvalue weighted by Gasteiger charge is 2.05. The Morgan fingerprint density at radius 2 is 1.47 bits per heavy atom. The van der Waals surface area contributed by atoms with Gasteiger partial charge >= 0.3 is 0 Å². The Balaban J connectivity index is 0.000000902. The van der Waals surface area contributed by atoms with Crippen LogP contribution in [-0.2, 0) is 0 Å². The van der Waals surface area contributed by atoms with Gasteiger partial charge in [0.15, 0.2) is 22.8 Å². The van der Waals surface area contributed by atoms with Crippen molar-refractivity contribution in [3.8, 4) is 11.3 Å². The summed E-state index contributed by atoms with van der Waals surface area (Å²) in [5.74, 6) is 0.606. The number of hydrogen-bond acceptors (Lipinski definition) is 2. The molecule has 3 aromatic rings. The minimum Gasteiger partial charge on any atom is -0.456 e. The van der Waals surface area contributed by atoms with Crippen LogP contribution in [0.1, 0.15) is 0 Å². The molecule has 96 valence electrons. The fourth-order valence-electron chi connectivity index (χ4n) is 1.85. The van der Waals surface area contributed by atoms with Crippen LogP contribution in [0, 0.1) is 0 Å². The minimum absolute atomic E-state index is 0. The molecule has 0 aliphatic heterocycles. The van der Waals surface area contributed by atoms with Crippen molar-refractivity contribution in [2.24, 2.45) is 0 Å². The first-order chi connectivity index (χ1) is 8.34. The summed E-state index contributed by atoms with van der Waals surface area (Å²) in [6.45, 7) is 0. The van der Waals surface area contributed by atoms with E-state index in [0.717, 1.165) is 5.56 Å². The molecule has 1 heterocycles. The van der Waals surface area contributed by atoms with Crippen molar-refractivity contribution in [2.45, 2.75) is 0 Å². The number of hydrogen-bond donors (Lipinski definition) is 0. The standard InChI is InChI=1S/C15H10O2.Al.ClH.3H/c16-13-10-15(11-6-2-1-3-7-11)17-14-9-5-4-8-12(13)14;;;;;/h1-10H;;1H;;;. The first-order valence-electron chi connectivity index (χ1n) is 5.43. The Labute approximate surface area is 127 Å². The molecule has 0 spiro atoms. The fraction of sp³-hybridized carbons (Fsp3) is 0. The van der Waals surface area contributed by atoms with E-state index in [1.165, 1.54) is 6.07 Å². The van der Waals surface area contributed by atoms with Crippen LogP contribution in [0.2, 0.25) is 0 Å². The molecule has 0 aliphatic carbocycles. The van der Waals surface area contributed by atoms with Crippen molar-refractivity contribution in [1.29, 1.82) is 0 Å². The average molecular weight is 289 g/mol. The molecule has 3 rings (SSSR count). The predicted molar refractivity (Wildman–Crippen MR) is 85.1 cm³/mol. The van der Waals surface area contributed by atoms with Crippen LogP contribution in [-0.4, -0.2) is 17.4 Å². The van der Waals surface area contributed by atoms with Gasteiger partial charge in [-0.25, -0.2) is 0 Å². The molecule has 0 radical (unpaired) electrons. The maximum Gasteiger partial charge on any atom is 0.193 e. The maximum absolute atomic E-state index is 11.9. The number of para-hydroxylation sites is 1. The number of benzene rings is 2. The highest BCUT2D eigenvalue weighted by molar-refractivity contribution is 5.85. The zero-order valence-corrected chi connectivity index (χ0v) is 10.3. The fourth-order valence-corrected chi connectivity index (χ4v) is 1.85. The van der Waals surface area contributed by atoms with Crippen molar-refractivity contribution < 1.29 is 4.42 Å². The Bertz CT molecular complexity index is 723. The minimum atomic E-state index is -0.00861. The van der Waals surface area contributed by atoms with Crippen molar-refractivity contribution in [1.82, 2.24) is 0 Å². The quantitative estimate of drug-likeness (QED) is 0.645. The normalized spacial score (nSPS) is 9.47. The van der Waals surface area contributed by atoms with Gasteiger partial charge in [0.05, 0.1) is 5.39 Å². The number of fused-ring (bicyclic) bond motifs is 1. The first kappa shape index (κ1) is 15.5. The van der Waals surface area contributed by atoms with E-state index in [-0.39, 0.29) is 35.2 Å². The number of rotatable bonds is 1. The van der Waals surface area contributed by atoms with Crippen LogP contribution in [0.3, 0.4) is 0 Å². The third-order valence-electron chi connectivity index (χ3n) is 2.69. The summed E-state index contributed by atoms with van der Waals surface area (Å²) in [6.07, 6.45) is 0. The lowest BCUT2D eigenvalue weighted by Gasteiger charge is -2.02. The van der Waals surface area contributed by atoms with E-state index in [0.29, 0.717) is 16.7 Å². The van der Waals surface area contributed by atoms with Gasteiger partial charge in [-0.15, -0.1) is 12.4 Å². The molecule has 0 fully saturated rings. The van der Waals surface area contributed by atoms with E-state index in [4.69, 9.17) is 4.42 Å². The first-order valence-corrected chi connectivity index (χ1v) is 5.43. The van der Waals surface area contributed by atoms with Crippen LogP contribution in [0.4, 0.5) is 0 Å². The second kappa shape index (κ2) is 6.58. The average Bonchev–Trinajstić information content (AvgIpc) is 2.40. The smallest absolute Gasteiger partial charge is 0.193 e. The van der Waals surface area contributed by atoms with Gasteiger partial charge in [-0.2, -0.15) is 0 Å². The molecule has 0 atom stereocenters. The van der Waals surface area contributed by atoms with Crippen LogP contribution in [0.25, 0.3) is 22.3 Å². The van der Waals surface area contributed by atoms with Gasteiger partial charge in [-0.1, -0.05) is 42.5 Å². The highest BCUT2D eigenvalue weighted by Crippen LogP contribution is 2.21. The Hall–Kier alpha value is -1.53. The topological polar surface area (TPSA) is 30.2 Å². The summed E-state index contributed by atoms with van der Waals surface area (Å²) in [7, 11) is 0. The van der Waals surface area contributed by atoms with Crippen molar-refractivity contribution in [2.75, 3.05) is 0 Å². The molecule has 0 aliphatic rings. The van der Waals surface area contributed by atoms with Gasteiger partial charge < -0.3 is 4.42 Å². The molecule has 0 saturated heterocycles. The lowest BCUT2D eigenvalue weighted by Crippen LogP contribution is -1.99. The molecule has 0 amide bonds. The van der Waals surface area contributed by atoms with E-state index in [1.807, 2.05) is 48.5 Å². The summed E-state index contributed by atoms with van der Waals surface area (Å²) in [6, 6.07) is 18.4. The molecular weight excluding hydrogens is 275 g/mol. The Kier molecular flexibility index (Phi) is 5.38. The molecule has 2 aromatic carbocycles. The SMILES string of the molecule is Cl.O=c1cc(-c2ccccc2)oc2ccccc12.[AlH3]. The summed E-state index contributed by atoms with van der Waals surface area (Å²) in [5, 5.41) is 0.618. The second-order valence-electron chi connectivity index (χ2n) is 3.84. The van der Waals surface area contributed by atoms with Crippen LogP contribution < -0.4 is 5.43 Å². The molecule has 1 aromatic heterocycles. The monoisotopic (exact) mass is 288 g/mol. The molecule has 0 N–H and O–H groups in total. The molecule has 0 saturated carbocycles. The van der Waals surface area contributed by atoms with Crippen molar-refractivity contribution in [3.63, 3.8) is 0 Å². The summed E-state index contributed by atoms with van der Waals surface area (Å²) >= 11 is 0. The maximum atomic E-state index is 11.9. The molecule has 2 nitrogen and oxygen atoms in total. The molecule has 0 unspecified atom stereocenters. The Morgan fingerprint density at radius 1 is 0.842 bits per heavy atom. The van der Waals surface area contributed by atoms with Crippen molar-refractivity contribution >= 4 is 40.7 Å². The van der Waals surface area contributed by atoms with Gasteiger partial charge in [0.2, 0.25) is 0 Å². The van der Waals surface area contributed by atoms with Gasteiger partial charge in [-0.3, -0.25) is 4.79 Å². The Morgan fingerprint density at radius 3 is 2.21 bits per heavy atom. The van der Waals surface area contributed by atoms with E-state index in [1.54, 1.807) is 6.07 Å². The lowest BCUT2D eigenvalue weighted by molar-refractivity contribution is 0.619. The van der Waals surface area contributed by atoms with Crippen molar-refractivity contribution in [3.05, 3.63) is 70.9 Å². The largest absolute Gasteiger partial charge is 0.456 e. The summed E-state index contributed by atoms with van der Waals surface area (Å²) in [5.41, 5.74) is 1.53. The van der Waals surface area contributed by atoms with Crippen LogP contribution >= 0.6 is 12.4 Å². The van der Waals surface area contributed by atoms with Crippen LogP contribution in [0.15, 0.2) is 69.9 Å². The molecule has 19 heavy (non-hydrogen) atoms. The van der Waals surface area contributed by atoms with E-state index in [9.17, 15) is 4.79 Å². The third kappa shape index (κ3) is 3.08. The second-order valence-corrected chi connectivity index (χ2v) is 3.84. The summed E-state index contributed by atoms with van der Waals surface area (Å²) < 4.78 is 5.73. The molecule has 0 bridgehead atoms. The van der Waals surface area contributed by atoms with E-state index >= 15 is 0 Å². The van der Waals surface area contributed by atoms with Crippen LogP contribution in [0.5, 0.6) is 0 Å².